The van der Waals surface area contributed by atoms with E-state index in [1.807, 2.05) is 43.3 Å². The number of benzene rings is 1. The normalized spacial score (nSPS) is 13.4. The van der Waals surface area contributed by atoms with Crippen LogP contribution in [0, 0.1) is 0 Å². The first-order chi connectivity index (χ1) is 9.22. The van der Waals surface area contributed by atoms with Crippen molar-refractivity contribution in [2.45, 2.75) is 19.5 Å². The number of amidine groups is 1. The molecule has 1 atom stereocenters. The van der Waals surface area contributed by atoms with E-state index in [2.05, 4.69) is 10.5 Å². The van der Waals surface area contributed by atoms with E-state index in [9.17, 15) is 0 Å². The lowest BCUT2D eigenvalue weighted by Gasteiger charge is -2.13. The third kappa shape index (κ3) is 3.14. The lowest BCUT2D eigenvalue weighted by Crippen LogP contribution is -2.21. The molecule has 0 aliphatic rings. The van der Waals surface area contributed by atoms with E-state index in [0.717, 1.165) is 16.9 Å². The number of oxime groups is 1. The van der Waals surface area contributed by atoms with Crippen molar-refractivity contribution in [2.24, 2.45) is 10.9 Å². The molecule has 0 spiro atoms. The van der Waals surface area contributed by atoms with Gasteiger partial charge in [0.1, 0.15) is 5.76 Å². The van der Waals surface area contributed by atoms with Crippen LogP contribution in [0.15, 0.2) is 52.2 Å². The maximum atomic E-state index is 8.77. The number of hydrogen-bond acceptors (Lipinski definition) is 4. The second kappa shape index (κ2) is 6.06. The molecule has 5 heteroatoms. The lowest BCUT2D eigenvalue weighted by molar-refractivity contribution is 0.318. The molecule has 0 bridgehead atoms. The van der Waals surface area contributed by atoms with E-state index in [-0.39, 0.29) is 11.9 Å². The van der Waals surface area contributed by atoms with Crippen molar-refractivity contribution in [3.63, 3.8) is 0 Å². The topological polar surface area (TPSA) is 83.8 Å². The van der Waals surface area contributed by atoms with E-state index in [1.165, 1.54) is 0 Å². The molecule has 4 N–H and O–H groups in total. The molecule has 0 aliphatic carbocycles. The highest BCUT2D eigenvalue weighted by Gasteiger charge is 2.10. The van der Waals surface area contributed by atoms with Crippen molar-refractivity contribution in [1.82, 2.24) is 5.32 Å². The Labute approximate surface area is 111 Å². The number of furan rings is 1. The van der Waals surface area contributed by atoms with Gasteiger partial charge in [0.05, 0.1) is 12.3 Å². The predicted molar refractivity (Wildman–Crippen MR) is 72.9 cm³/mol. The summed E-state index contributed by atoms with van der Waals surface area (Å²) in [6.07, 6.45) is 1.65. The van der Waals surface area contributed by atoms with Gasteiger partial charge >= 0.3 is 0 Å². The summed E-state index contributed by atoms with van der Waals surface area (Å²) in [5.74, 6) is 0.990. The van der Waals surface area contributed by atoms with Crippen LogP contribution in [-0.4, -0.2) is 11.0 Å². The molecule has 0 amide bonds. The molecule has 5 nitrogen and oxygen atoms in total. The van der Waals surface area contributed by atoms with Gasteiger partial charge in [-0.2, -0.15) is 0 Å². The summed E-state index contributed by atoms with van der Waals surface area (Å²) in [4.78, 5) is 0. The van der Waals surface area contributed by atoms with Crippen LogP contribution in [0.1, 0.15) is 29.9 Å². The van der Waals surface area contributed by atoms with Crippen LogP contribution in [0.4, 0.5) is 0 Å². The quantitative estimate of drug-likeness (QED) is 0.333. The first-order valence-corrected chi connectivity index (χ1v) is 6.05. The second-order valence-corrected chi connectivity index (χ2v) is 4.26. The first-order valence-electron chi connectivity index (χ1n) is 6.05. The van der Waals surface area contributed by atoms with Crippen molar-refractivity contribution in [3.8, 4) is 0 Å². The van der Waals surface area contributed by atoms with Crippen LogP contribution < -0.4 is 11.1 Å². The van der Waals surface area contributed by atoms with Gasteiger partial charge in [0.15, 0.2) is 5.84 Å². The number of nitrogens with zero attached hydrogens (tertiary/aromatic N) is 1. The Kier molecular flexibility index (Phi) is 4.20. The Hall–Kier alpha value is -2.27. The van der Waals surface area contributed by atoms with Crippen LogP contribution in [-0.2, 0) is 6.54 Å². The molecule has 0 unspecified atom stereocenters. The second-order valence-electron chi connectivity index (χ2n) is 4.26. The molecule has 100 valence electrons. The van der Waals surface area contributed by atoms with Gasteiger partial charge in [0.2, 0.25) is 0 Å². The standard InChI is InChI=1S/C14H17N3O2/c1-10(13-7-4-8-19-13)16-9-11-5-2-3-6-12(11)14(15)17-18/h2-8,10,16,18H,9H2,1H3,(H2,15,17)/t10-/m0/s1. The van der Waals surface area contributed by atoms with Gasteiger partial charge in [-0.15, -0.1) is 0 Å². The number of rotatable bonds is 5. The fourth-order valence-electron chi connectivity index (χ4n) is 1.88. The molecule has 0 aliphatic heterocycles. The highest BCUT2D eigenvalue weighted by molar-refractivity contribution is 5.98. The average molecular weight is 259 g/mol. The van der Waals surface area contributed by atoms with Crippen LogP contribution in [0.25, 0.3) is 0 Å². The number of hydrogen-bond donors (Lipinski definition) is 3. The zero-order valence-corrected chi connectivity index (χ0v) is 10.7. The van der Waals surface area contributed by atoms with Crippen molar-refractivity contribution in [1.29, 1.82) is 0 Å². The molecular weight excluding hydrogens is 242 g/mol. The Morgan fingerprint density at radius 3 is 2.84 bits per heavy atom. The summed E-state index contributed by atoms with van der Waals surface area (Å²) < 4.78 is 5.33. The Morgan fingerprint density at radius 2 is 2.16 bits per heavy atom. The fourth-order valence-corrected chi connectivity index (χ4v) is 1.88. The number of nitrogens with two attached hydrogens (primary N) is 1. The molecule has 2 aromatic rings. The summed E-state index contributed by atoms with van der Waals surface area (Å²) in [5.41, 5.74) is 7.34. The molecule has 1 heterocycles. The van der Waals surface area contributed by atoms with Crippen LogP contribution in [0.5, 0.6) is 0 Å². The van der Waals surface area contributed by atoms with E-state index in [4.69, 9.17) is 15.4 Å². The van der Waals surface area contributed by atoms with E-state index >= 15 is 0 Å². The van der Waals surface area contributed by atoms with Crippen molar-refractivity contribution < 1.29 is 9.62 Å². The molecular formula is C14H17N3O2. The summed E-state index contributed by atoms with van der Waals surface area (Å²) in [5, 5.41) is 15.1. The fraction of sp³-hybridized carbons (Fsp3) is 0.214. The molecule has 0 saturated carbocycles. The van der Waals surface area contributed by atoms with E-state index in [1.54, 1.807) is 6.26 Å². The van der Waals surface area contributed by atoms with E-state index in [0.29, 0.717) is 6.54 Å². The molecule has 0 fully saturated rings. The summed E-state index contributed by atoms with van der Waals surface area (Å²) >= 11 is 0. The van der Waals surface area contributed by atoms with Crippen molar-refractivity contribution in [3.05, 3.63) is 59.5 Å². The van der Waals surface area contributed by atoms with Crippen LogP contribution in [0.2, 0.25) is 0 Å². The summed E-state index contributed by atoms with van der Waals surface area (Å²) in [6.45, 7) is 2.62. The van der Waals surface area contributed by atoms with Gasteiger partial charge in [-0.05, 0) is 24.6 Å². The van der Waals surface area contributed by atoms with Crippen molar-refractivity contribution >= 4 is 5.84 Å². The van der Waals surface area contributed by atoms with Gasteiger partial charge in [-0.25, -0.2) is 0 Å². The molecule has 1 aromatic carbocycles. The minimum atomic E-state index is 0.0929. The van der Waals surface area contributed by atoms with Crippen LogP contribution in [0.3, 0.4) is 0 Å². The maximum Gasteiger partial charge on any atom is 0.170 e. The van der Waals surface area contributed by atoms with Gasteiger partial charge in [-0.1, -0.05) is 29.4 Å². The zero-order valence-electron chi connectivity index (χ0n) is 10.7. The third-order valence-corrected chi connectivity index (χ3v) is 2.97. The largest absolute Gasteiger partial charge is 0.468 e. The van der Waals surface area contributed by atoms with Gasteiger partial charge < -0.3 is 20.7 Å². The Balaban J connectivity index is 2.08. The molecule has 19 heavy (non-hydrogen) atoms. The Morgan fingerprint density at radius 1 is 1.37 bits per heavy atom. The van der Waals surface area contributed by atoms with Gasteiger partial charge in [0, 0.05) is 12.1 Å². The lowest BCUT2D eigenvalue weighted by atomic mass is 10.1. The predicted octanol–water partition coefficient (Wildman–Crippen LogP) is 2.22. The zero-order chi connectivity index (χ0) is 13.7. The SMILES string of the molecule is C[C@H](NCc1ccccc1/C(N)=N/O)c1ccco1. The average Bonchev–Trinajstić information content (AvgIpc) is 2.98. The highest BCUT2D eigenvalue weighted by Crippen LogP contribution is 2.14. The van der Waals surface area contributed by atoms with Gasteiger partial charge in [-0.3, -0.25) is 0 Å². The third-order valence-electron chi connectivity index (χ3n) is 2.97. The Bertz CT molecular complexity index is 550. The molecule has 0 saturated heterocycles. The summed E-state index contributed by atoms with van der Waals surface area (Å²) in [7, 11) is 0. The monoisotopic (exact) mass is 259 g/mol. The summed E-state index contributed by atoms with van der Waals surface area (Å²) in [6, 6.07) is 11.4. The van der Waals surface area contributed by atoms with E-state index < -0.39 is 0 Å². The minimum absolute atomic E-state index is 0.0929. The molecule has 2 rings (SSSR count). The first kappa shape index (κ1) is 13.2. The molecule has 1 aromatic heterocycles. The maximum absolute atomic E-state index is 8.77. The minimum Gasteiger partial charge on any atom is -0.468 e. The van der Waals surface area contributed by atoms with Crippen LogP contribution >= 0.6 is 0 Å². The van der Waals surface area contributed by atoms with Gasteiger partial charge in [0.25, 0.3) is 0 Å². The smallest absolute Gasteiger partial charge is 0.170 e. The highest BCUT2D eigenvalue weighted by atomic mass is 16.4. The molecule has 0 radical (unpaired) electrons. The van der Waals surface area contributed by atoms with Crippen molar-refractivity contribution in [2.75, 3.05) is 0 Å². The number of nitrogens with one attached hydrogen (secondary N) is 1.